The van der Waals surface area contributed by atoms with Gasteiger partial charge in [-0.2, -0.15) is 13.2 Å². The molecule has 0 atom stereocenters. The van der Waals surface area contributed by atoms with Crippen molar-refractivity contribution in [2.45, 2.75) is 13.1 Å². The minimum Gasteiger partial charge on any atom is -0.506 e. The van der Waals surface area contributed by atoms with Crippen molar-refractivity contribution in [1.82, 2.24) is 0 Å². The summed E-state index contributed by atoms with van der Waals surface area (Å²) in [4.78, 5) is 10.8. The molecule has 0 unspecified atom stereocenters. The van der Waals surface area contributed by atoms with Crippen molar-refractivity contribution in [3.63, 3.8) is 0 Å². The highest BCUT2D eigenvalue weighted by molar-refractivity contribution is 5.97. The van der Waals surface area contributed by atoms with Crippen molar-refractivity contribution < 1.29 is 27.5 Å². The van der Waals surface area contributed by atoms with E-state index in [9.17, 15) is 22.4 Å². The summed E-state index contributed by atoms with van der Waals surface area (Å²) < 4.78 is 49.6. The number of rotatable bonds is 1. The molecule has 0 saturated carbocycles. The van der Waals surface area contributed by atoms with Gasteiger partial charge in [0.05, 0.1) is 11.1 Å². The lowest BCUT2D eigenvalue weighted by Crippen LogP contribution is -2.09. The number of benzene rings is 1. The van der Waals surface area contributed by atoms with E-state index in [-0.39, 0.29) is 0 Å². The third-order valence-electron chi connectivity index (χ3n) is 1.78. The number of carbonyl (C=O) groups is 1. The highest BCUT2D eigenvalue weighted by Crippen LogP contribution is 2.38. The predicted molar refractivity (Wildman–Crippen MR) is 43.1 cm³/mol. The normalized spacial score (nSPS) is 11.5. The van der Waals surface area contributed by atoms with Crippen molar-refractivity contribution in [1.29, 1.82) is 0 Å². The minimum absolute atomic E-state index is 0.386. The van der Waals surface area contributed by atoms with Crippen LogP contribution in [0.15, 0.2) is 12.1 Å². The summed E-state index contributed by atoms with van der Waals surface area (Å²) in [6.45, 7) is 0.873. The number of phenols is 1. The van der Waals surface area contributed by atoms with E-state index in [1.165, 1.54) is 0 Å². The molecular weight excluding hydrogens is 216 g/mol. The monoisotopic (exact) mass is 222 g/mol. The van der Waals surface area contributed by atoms with E-state index in [0.29, 0.717) is 12.1 Å². The topological polar surface area (TPSA) is 37.3 Å². The first-order valence-corrected chi connectivity index (χ1v) is 3.84. The number of hydrogen-bond acceptors (Lipinski definition) is 2. The highest BCUT2D eigenvalue weighted by Gasteiger charge is 2.36. The van der Waals surface area contributed by atoms with Crippen LogP contribution in [0.4, 0.5) is 17.6 Å². The van der Waals surface area contributed by atoms with E-state index >= 15 is 0 Å². The van der Waals surface area contributed by atoms with Crippen LogP contribution in [0.2, 0.25) is 0 Å². The highest BCUT2D eigenvalue weighted by atomic mass is 19.4. The van der Waals surface area contributed by atoms with Crippen LogP contribution in [0.1, 0.15) is 22.8 Å². The first-order valence-electron chi connectivity index (χ1n) is 3.84. The molecule has 6 heteroatoms. The van der Waals surface area contributed by atoms with E-state index in [1.54, 1.807) is 0 Å². The molecule has 1 aromatic carbocycles. The first kappa shape index (κ1) is 11.5. The Morgan fingerprint density at radius 2 is 1.87 bits per heavy atom. The molecule has 0 fully saturated rings. The third-order valence-corrected chi connectivity index (χ3v) is 1.78. The van der Waals surface area contributed by atoms with Crippen LogP contribution in [-0.4, -0.2) is 10.9 Å². The Balaban J connectivity index is 3.49. The molecule has 0 aliphatic heterocycles. The number of aromatic hydroxyl groups is 1. The van der Waals surface area contributed by atoms with Crippen molar-refractivity contribution in [3.8, 4) is 5.75 Å². The number of Topliss-reactive ketones (excluding diaryl/α,β-unsaturated/α-hetero) is 1. The lowest BCUT2D eigenvalue weighted by atomic mass is 10.0. The van der Waals surface area contributed by atoms with Crippen LogP contribution in [0.25, 0.3) is 0 Å². The number of halogens is 4. The van der Waals surface area contributed by atoms with E-state index in [4.69, 9.17) is 5.11 Å². The van der Waals surface area contributed by atoms with Crippen LogP contribution in [-0.2, 0) is 6.18 Å². The lowest BCUT2D eigenvalue weighted by molar-refractivity contribution is -0.138. The average Bonchev–Trinajstić information content (AvgIpc) is 2.00. The number of hydrogen-bond donors (Lipinski definition) is 1. The molecule has 2 nitrogen and oxygen atoms in total. The second-order valence-electron chi connectivity index (χ2n) is 2.87. The summed E-state index contributed by atoms with van der Waals surface area (Å²) >= 11 is 0. The zero-order valence-corrected chi connectivity index (χ0v) is 7.52. The van der Waals surface area contributed by atoms with Gasteiger partial charge in [-0.3, -0.25) is 4.79 Å². The second-order valence-corrected chi connectivity index (χ2v) is 2.87. The van der Waals surface area contributed by atoms with Crippen molar-refractivity contribution in [2.24, 2.45) is 0 Å². The Labute approximate surface area is 82.1 Å². The van der Waals surface area contributed by atoms with E-state index in [2.05, 4.69) is 0 Å². The largest absolute Gasteiger partial charge is 0.506 e. The zero-order chi connectivity index (χ0) is 11.8. The summed E-state index contributed by atoms with van der Waals surface area (Å²) in [6, 6.07) is 0.885. The van der Waals surface area contributed by atoms with Gasteiger partial charge in [0.15, 0.2) is 5.78 Å². The smallest absolute Gasteiger partial charge is 0.419 e. The van der Waals surface area contributed by atoms with Crippen LogP contribution in [0.5, 0.6) is 5.75 Å². The Morgan fingerprint density at radius 3 is 2.27 bits per heavy atom. The molecule has 0 radical (unpaired) electrons. The summed E-state index contributed by atoms with van der Waals surface area (Å²) in [5, 5.41) is 9.09. The number of carbonyl (C=O) groups excluding carboxylic acids is 1. The SMILES string of the molecule is CC(=O)c1c(F)ccc(C(F)(F)F)c1O. The van der Waals surface area contributed by atoms with Crippen molar-refractivity contribution in [2.75, 3.05) is 0 Å². The molecule has 0 aliphatic carbocycles. The van der Waals surface area contributed by atoms with Crippen LogP contribution in [0, 0.1) is 5.82 Å². The van der Waals surface area contributed by atoms with Gasteiger partial charge >= 0.3 is 6.18 Å². The summed E-state index contributed by atoms with van der Waals surface area (Å²) in [5.41, 5.74) is -2.36. The average molecular weight is 222 g/mol. The van der Waals surface area contributed by atoms with Gasteiger partial charge in [0.25, 0.3) is 0 Å². The Bertz CT molecular complexity index is 409. The first-order chi connectivity index (χ1) is 6.75. The van der Waals surface area contributed by atoms with Gasteiger partial charge in [-0.05, 0) is 19.1 Å². The fourth-order valence-electron chi connectivity index (χ4n) is 1.13. The maximum atomic E-state index is 12.9. The molecule has 0 amide bonds. The zero-order valence-electron chi connectivity index (χ0n) is 7.52. The van der Waals surface area contributed by atoms with E-state index < -0.39 is 34.7 Å². The van der Waals surface area contributed by atoms with Crippen molar-refractivity contribution in [3.05, 3.63) is 29.1 Å². The molecule has 1 N–H and O–H groups in total. The molecule has 1 rings (SSSR count). The molecule has 1 aromatic rings. The van der Waals surface area contributed by atoms with Crippen LogP contribution in [0.3, 0.4) is 0 Å². The van der Waals surface area contributed by atoms with Gasteiger partial charge < -0.3 is 5.11 Å². The summed E-state index contributed by atoms with van der Waals surface area (Å²) in [6.07, 6.45) is -4.82. The maximum Gasteiger partial charge on any atom is 0.419 e. The van der Waals surface area contributed by atoms with Crippen LogP contribution >= 0.6 is 0 Å². The molecule has 0 heterocycles. The summed E-state index contributed by atoms with van der Waals surface area (Å²) in [5.74, 6) is -3.50. The van der Waals surface area contributed by atoms with Gasteiger partial charge in [0.1, 0.15) is 11.6 Å². The van der Waals surface area contributed by atoms with Crippen molar-refractivity contribution >= 4 is 5.78 Å². The predicted octanol–water partition coefficient (Wildman–Crippen LogP) is 2.75. The molecule has 0 aromatic heterocycles. The molecular formula is C9H6F4O2. The number of alkyl halides is 3. The van der Waals surface area contributed by atoms with Gasteiger partial charge in [-0.1, -0.05) is 0 Å². The van der Waals surface area contributed by atoms with Gasteiger partial charge in [0, 0.05) is 0 Å². The maximum absolute atomic E-state index is 12.9. The second kappa shape index (κ2) is 3.52. The number of phenolic OH excluding ortho intramolecular Hbond substituents is 1. The number of ketones is 1. The van der Waals surface area contributed by atoms with Crippen LogP contribution < -0.4 is 0 Å². The molecule has 82 valence electrons. The summed E-state index contributed by atoms with van der Waals surface area (Å²) in [7, 11) is 0. The molecule has 15 heavy (non-hydrogen) atoms. The minimum atomic E-state index is -4.82. The third kappa shape index (κ3) is 2.08. The fourth-order valence-corrected chi connectivity index (χ4v) is 1.13. The standard InChI is InChI=1S/C9H6F4O2/c1-4(14)7-6(10)3-2-5(8(7)15)9(11,12)13/h2-3,15H,1H3. The Morgan fingerprint density at radius 1 is 1.33 bits per heavy atom. The van der Waals surface area contributed by atoms with E-state index in [1.807, 2.05) is 0 Å². The molecule has 0 saturated heterocycles. The Kier molecular flexibility index (Phi) is 2.70. The van der Waals surface area contributed by atoms with E-state index in [0.717, 1.165) is 6.92 Å². The molecule has 0 aliphatic rings. The Hall–Kier alpha value is -1.59. The quantitative estimate of drug-likeness (QED) is 0.586. The van der Waals surface area contributed by atoms with Gasteiger partial charge in [-0.25, -0.2) is 4.39 Å². The fraction of sp³-hybridized carbons (Fsp3) is 0.222. The molecule has 0 bridgehead atoms. The lowest BCUT2D eigenvalue weighted by Gasteiger charge is -2.11. The van der Waals surface area contributed by atoms with Gasteiger partial charge in [-0.15, -0.1) is 0 Å². The van der Waals surface area contributed by atoms with Gasteiger partial charge in [0.2, 0.25) is 0 Å². The molecule has 0 spiro atoms.